The zero-order valence-electron chi connectivity index (χ0n) is 13.2. The van der Waals surface area contributed by atoms with E-state index in [1.54, 1.807) is 30.6 Å². The molecule has 3 rings (SSSR count). The summed E-state index contributed by atoms with van der Waals surface area (Å²) in [6.07, 6.45) is 4.49. The van der Waals surface area contributed by atoms with Crippen molar-refractivity contribution in [2.75, 3.05) is 13.1 Å². The molecular weight excluding hydrogens is 350 g/mol. The van der Waals surface area contributed by atoms with Gasteiger partial charge in [0.2, 0.25) is 10.0 Å². The maximum Gasteiger partial charge on any atom is 0.316 e. The van der Waals surface area contributed by atoms with E-state index in [1.165, 1.54) is 10.4 Å². The molecule has 2 heterocycles. The van der Waals surface area contributed by atoms with Crippen LogP contribution in [0.2, 0.25) is 5.02 Å². The summed E-state index contributed by atoms with van der Waals surface area (Å²) >= 11 is 5.90. The number of nitrogens with zero attached hydrogens (tertiary/aromatic N) is 3. The van der Waals surface area contributed by atoms with E-state index < -0.39 is 10.0 Å². The first-order valence-corrected chi connectivity index (χ1v) is 9.48. The van der Waals surface area contributed by atoms with Crippen LogP contribution in [0, 0.1) is 6.92 Å². The van der Waals surface area contributed by atoms with E-state index in [9.17, 15) is 8.42 Å². The smallest absolute Gasteiger partial charge is 0.316 e. The Morgan fingerprint density at radius 2 is 1.88 bits per heavy atom. The van der Waals surface area contributed by atoms with Gasteiger partial charge in [0.05, 0.1) is 4.90 Å². The second-order valence-electron chi connectivity index (χ2n) is 5.72. The van der Waals surface area contributed by atoms with Crippen molar-refractivity contribution in [3.05, 3.63) is 47.2 Å². The Morgan fingerprint density at radius 3 is 2.50 bits per heavy atom. The molecule has 2 aromatic rings. The van der Waals surface area contributed by atoms with Crippen LogP contribution in [0.1, 0.15) is 18.4 Å². The van der Waals surface area contributed by atoms with Crippen molar-refractivity contribution in [1.82, 2.24) is 14.3 Å². The maximum atomic E-state index is 12.6. The Hall–Kier alpha value is -1.70. The quantitative estimate of drug-likeness (QED) is 0.830. The van der Waals surface area contributed by atoms with Gasteiger partial charge in [0.15, 0.2) is 0 Å². The summed E-state index contributed by atoms with van der Waals surface area (Å²) in [5.41, 5.74) is 0.963. The van der Waals surface area contributed by atoms with Gasteiger partial charge in [-0.2, -0.15) is 4.31 Å². The first kappa shape index (κ1) is 17.1. The predicted molar refractivity (Wildman–Crippen MR) is 90.6 cm³/mol. The van der Waals surface area contributed by atoms with Crippen molar-refractivity contribution in [2.24, 2.45) is 0 Å². The van der Waals surface area contributed by atoms with Crippen LogP contribution >= 0.6 is 11.6 Å². The van der Waals surface area contributed by atoms with Gasteiger partial charge in [0.25, 0.3) is 0 Å². The highest BCUT2D eigenvalue weighted by atomic mass is 35.5. The number of benzene rings is 1. The highest BCUT2D eigenvalue weighted by Crippen LogP contribution is 2.24. The lowest BCUT2D eigenvalue weighted by molar-refractivity contribution is 0.124. The third kappa shape index (κ3) is 3.85. The lowest BCUT2D eigenvalue weighted by Crippen LogP contribution is -2.41. The van der Waals surface area contributed by atoms with E-state index in [-0.39, 0.29) is 11.0 Å². The first-order valence-electron chi connectivity index (χ1n) is 7.66. The van der Waals surface area contributed by atoms with Gasteiger partial charge in [-0.1, -0.05) is 17.7 Å². The molecule has 24 heavy (non-hydrogen) atoms. The van der Waals surface area contributed by atoms with E-state index >= 15 is 0 Å². The Bertz CT molecular complexity index is 804. The number of halogens is 1. The molecule has 0 spiro atoms. The van der Waals surface area contributed by atoms with Crippen LogP contribution in [-0.2, 0) is 10.0 Å². The molecule has 1 fully saturated rings. The van der Waals surface area contributed by atoms with Gasteiger partial charge in [-0.3, -0.25) is 0 Å². The minimum atomic E-state index is -3.52. The van der Waals surface area contributed by atoms with Crippen molar-refractivity contribution in [3.63, 3.8) is 0 Å². The largest absolute Gasteiger partial charge is 0.460 e. The lowest BCUT2D eigenvalue weighted by Gasteiger charge is -2.30. The summed E-state index contributed by atoms with van der Waals surface area (Å²) in [6, 6.07) is 6.66. The van der Waals surface area contributed by atoms with Gasteiger partial charge in [-0.05, 0) is 43.5 Å². The summed E-state index contributed by atoms with van der Waals surface area (Å²) in [6.45, 7) is 2.69. The monoisotopic (exact) mass is 367 g/mol. The Balaban J connectivity index is 1.63. The molecule has 0 atom stereocenters. The van der Waals surface area contributed by atoms with Crippen molar-refractivity contribution < 1.29 is 13.2 Å². The van der Waals surface area contributed by atoms with Crippen molar-refractivity contribution in [1.29, 1.82) is 0 Å². The molecule has 0 amide bonds. The second-order valence-corrected chi connectivity index (χ2v) is 8.10. The third-order valence-corrected chi connectivity index (χ3v) is 5.99. The summed E-state index contributed by atoms with van der Waals surface area (Å²) in [5.74, 6) is 0. The second kappa shape index (κ2) is 7.04. The van der Waals surface area contributed by atoms with Gasteiger partial charge >= 0.3 is 6.01 Å². The summed E-state index contributed by atoms with van der Waals surface area (Å²) in [4.78, 5) is 8.45. The number of ether oxygens (including phenoxy) is 1. The predicted octanol–water partition coefficient (Wildman–Crippen LogP) is 2.67. The Labute approximate surface area is 146 Å². The average Bonchev–Trinajstić information content (AvgIpc) is 2.57. The zero-order valence-corrected chi connectivity index (χ0v) is 14.8. The number of sulfonamides is 1. The number of hydrogen-bond acceptors (Lipinski definition) is 5. The molecule has 1 aliphatic rings. The molecule has 1 aromatic heterocycles. The molecule has 0 aliphatic carbocycles. The van der Waals surface area contributed by atoms with Crippen LogP contribution in [0.3, 0.4) is 0 Å². The van der Waals surface area contributed by atoms with Gasteiger partial charge in [0, 0.05) is 30.5 Å². The molecule has 1 saturated heterocycles. The molecule has 0 saturated carbocycles. The van der Waals surface area contributed by atoms with Gasteiger partial charge in [-0.25, -0.2) is 18.4 Å². The Kier molecular flexibility index (Phi) is 5.03. The van der Waals surface area contributed by atoms with E-state index in [0.717, 1.165) is 5.56 Å². The van der Waals surface area contributed by atoms with Gasteiger partial charge < -0.3 is 4.74 Å². The third-order valence-electron chi connectivity index (χ3n) is 3.86. The van der Waals surface area contributed by atoms with Crippen molar-refractivity contribution in [2.45, 2.75) is 30.8 Å². The highest BCUT2D eigenvalue weighted by Gasteiger charge is 2.30. The minimum Gasteiger partial charge on any atom is -0.460 e. The highest BCUT2D eigenvalue weighted by molar-refractivity contribution is 7.89. The van der Waals surface area contributed by atoms with Gasteiger partial charge in [-0.15, -0.1) is 0 Å². The first-order chi connectivity index (χ1) is 11.4. The topological polar surface area (TPSA) is 72.4 Å². The summed E-state index contributed by atoms with van der Waals surface area (Å²) in [5, 5.41) is 0.408. The fourth-order valence-corrected chi connectivity index (χ4v) is 4.33. The number of hydrogen-bond donors (Lipinski definition) is 0. The number of rotatable bonds is 4. The maximum absolute atomic E-state index is 12.6. The SMILES string of the molecule is Cc1cnc(OC2CCN(S(=O)(=O)c3cccc(Cl)c3)CC2)nc1. The number of aryl methyl sites for hydroxylation is 1. The molecule has 0 radical (unpaired) electrons. The fraction of sp³-hybridized carbons (Fsp3) is 0.375. The van der Waals surface area contributed by atoms with Crippen LogP contribution in [0.15, 0.2) is 41.6 Å². The van der Waals surface area contributed by atoms with E-state index in [0.29, 0.717) is 37.0 Å². The lowest BCUT2D eigenvalue weighted by atomic mass is 10.1. The molecule has 0 unspecified atom stereocenters. The summed E-state index contributed by atoms with van der Waals surface area (Å²) in [7, 11) is -3.52. The molecule has 8 heteroatoms. The minimum absolute atomic E-state index is 0.0847. The fourth-order valence-electron chi connectivity index (χ4n) is 2.56. The molecule has 0 bridgehead atoms. The van der Waals surface area contributed by atoms with E-state index in [2.05, 4.69) is 9.97 Å². The van der Waals surface area contributed by atoms with E-state index in [4.69, 9.17) is 16.3 Å². The molecule has 1 aromatic carbocycles. The number of piperidine rings is 1. The van der Waals surface area contributed by atoms with Crippen molar-refractivity contribution in [3.8, 4) is 6.01 Å². The molecule has 6 nitrogen and oxygen atoms in total. The molecule has 0 N–H and O–H groups in total. The Morgan fingerprint density at radius 1 is 1.21 bits per heavy atom. The van der Waals surface area contributed by atoms with Crippen LogP contribution in [-0.4, -0.2) is 41.9 Å². The van der Waals surface area contributed by atoms with Crippen molar-refractivity contribution >= 4 is 21.6 Å². The van der Waals surface area contributed by atoms with Crippen LogP contribution in [0.5, 0.6) is 6.01 Å². The number of aromatic nitrogens is 2. The molecule has 128 valence electrons. The van der Waals surface area contributed by atoms with Gasteiger partial charge in [0.1, 0.15) is 6.10 Å². The normalized spacial score (nSPS) is 16.9. The zero-order chi connectivity index (χ0) is 17.2. The average molecular weight is 368 g/mol. The van der Waals surface area contributed by atoms with E-state index in [1.807, 2.05) is 6.92 Å². The van der Waals surface area contributed by atoms with Crippen LogP contribution in [0.25, 0.3) is 0 Å². The standard InChI is InChI=1S/C16H18ClN3O3S/c1-12-10-18-16(19-11-12)23-14-5-7-20(8-6-14)24(21,22)15-4-2-3-13(17)9-15/h2-4,9-11,14H,5-8H2,1H3. The molecule has 1 aliphatic heterocycles. The van der Waals surface area contributed by atoms with Crippen LogP contribution in [0.4, 0.5) is 0 Å². The molecular formula is C16H18ClN3O3S. The van der Waals surface area contributed by atoms with Crippen LogP contribution < -0.4 is 4.74 Å². The summed E-state index contributed by atoms with van der Waals surface area (Å²) < 4.78 is 32.5.